The van der Waals surface area contributed by atoms with Gasteiger partial charge >= 0.3 is 0 Å². The second kappa shape index (κ2) is 6.18. The molecule has 1 atom stereocenters. The van der Waals surface area contributed by atoms with Crippen molar-refractivity contribution in [3.63, 3.8) is 0 Å². The van der Waals surface area contributed by atoms with Crippen LogP contribution in [0, 0.1) is 0 Å². The summed E-state index contributed by atoms with van der Waals surface area (Å²) in [6.45, 7) is 2.02. The van der Waals surface area contributed by atoms with Crippen LogP contribution >= 0.6 is 11.6 Å². The Morgan fingerprint density at radius 3 is 2.67 bits per heavy atom. The molecular weight excluding hydrogens is 288 g/mol. The van der Waals surface area contributed by atoms with Crippen LogP contribution in [0.2, 0.25) is 5.02 Å². The van der Waals surface area contributed by atoms with Gasteiger partial charge in [-0.1, -0.05) is 11.6 Å². The van der Waals surface area contributed by atoms with Gasteiger partial charge in [0.05, 0.1) is 17.3 Å². The van der Waals surface area contributed by atoms with E-state index < -0.39 is 0 Å². The van der Waals surface area contributed by atoms with Gasteiger partial charge in [-0.3, -0.25) is 9.48 Å². The normalized spacial score (nSPS) is 12.0. The maximum Gasteiger partial charge on any atom is 0.255 e. The number of nitrogens with one attached hydrogen (secondary N) is 1. The molecule has 1 aromatic heterocycles. The SMILES string of the molecule is CC(Nc1cc(Cl)ccc1C(=O)N(C)C)c1ccnn1C. The van der Waals surface area contributed by atoms with Crippen molar-refractivity contribution in [3.05, 3.63) is 46.7 Å². The fraction of sp³-hybridized carbons (Fsp3) is 0.333. The molecule has 21 heavy (non-hydrogen) atoms. The van der Waals surface area contributed by atoms with Crippen LogP contribution in [0.3, 0.4) is 0 Å². The van der Waals surface area contributed by atoms with Gasteiger partial charge in [0.1, 0.15) is 0 Å². The molecule has 1 heterocycles. The van der Waals surface area contributed by atoms with Crippen LogP contribution in [0.1, 0.15) is 29.0 Å². The number of benzene rings is 1. The number of amides is 1. The first kappa shape index (κ1) is 15.4. The molecule has 0 aliphatic carbocycles. The van der Waals surface area contributed by atoms with E-state index in [9.17, 15) is 4.79 Å². The summed E-state index contributed by atoms with van der Waals surface area (Å²) in [6.07, 6.45) is 1.75. The second-order valence-corrected chi connectivity index (χ2v) is 5.57. The fourth-order valence-corrected chi connectivity index (χ4v) is 2.35. The number of aromatic nitrogens is 2. The van der Waals surface area contributed by atoms with Gasteiger partial charge in [0.2, 0.25) is 0 Å². The number of hydrogen-bond acceptors (Lipinski definition) is 3. The highest BCUT2D eigenvalue weighted by molar-refractivity contribution is 6.31. The van der Waals surface area contributed by atoms with E-state index >= 15 is 0 Å². The number of carbonyl (C=O) groups excluding carboxylic acids is 1. The second-order valence-electron chi connectivity index (χ2n) is 5.14. The van der Waals surface area contributed by atoms with Gasteiger partial charge in [-0.2, -0.15) is 5.10 Å². The Labute approximate surface area is 129 Å². The highest BCUT2D eigenvalue weighted by atomic mass is 35.5. The van der Waals surface area contributed by atoms with Crippen molar-refractivity contribution >= 4 is 23.2 Å². The number of rotatable bonds is 4. The van der Waals surface area contributed by atoms with Gasteiger partial charge in [0.25, 0.3) is 5.91 Å². The molecule has 1 amide bonds. The molecule has 0 bridgehead atoms. The van der Waals surface area contributed by atoms with E-state index in [-0.39, 0.29) is 11.9 Å². The first-order valence-electron chi connectivity index (χ1n) is 6.65. The van der Waals surface area contributed by atoms with E-state index in [1.807, 2.05) is 20.0 Å². The zero-order valence-corrected chi connectivity index (χ0v) is 13.3. The molecule has 1 N–H and O–H groups in total. The van der Waals surface area contributed by atoms with Crippen LogP contribution in [0.15, 0.2) is 30.5 Å². The van der Waals surface area contributed by atoms with Crippen LogP contribution in [0.5, 0.6) is 0 Å². The van der Waals surface area contributed by atoms with Crippen LogP contribution in [-0.4, -0.2) is 34.7 Å². The Morgan fingerprint density at radius 1 is 1.38 bits per heavy atom. The van der Waals surface area contributed by atoms with E-state index in [0.717, 1.165) is 11.4 Å². The zero-order valence-electron chi connectivity index (χ0n) is 12.6. The number of hydrogen-bond donors (Lipinski definition) is 1. The molecule has 5 nitrogen and oxygen atoms in total. The van der Waals surface area contributed by atoms with Crippen LogP contribution < -0.4 is 5.32 Å². The minimum absolute atomic E-state index is 0.00433. The highest BCUT2D eigenvalue weighted by Crippen LogP contribution is 2.26. The molecule has 112 valence electrons. The monoisotopic (exact) mass is 306 g/mol. The van der Waals surface area contributed by atoms with Crippen LogP contribution in [0.25, 0.3) is 0 Å². The molecule has 6 heteroatoms. The third-order valence-electron chi connectivity index (χ3n) is 3.29. The lowest BCUT2D eigenvalue weighted by Gasteiger charge is -2.20. The van der Waals surface area contributed by atoms with Crippen molar-refractivity contribution < 1.29 is 4.79 Å². The minimum Gasteiger partial charge on any atom is -0.376 e. The lowest BCUT2D eigenvalue weighted by molar-refractivity contribution is 0.0828. The average Bonchev–Trinajstić information content (AvgIpc) is 2.84. The van der Waals surface area contributed by atoms with Gasteiger partial charge in [0.15, 0.2) is 0 Å². The van der Waals surface area contributed by atoms with Crippen LogP contribution in [-0.2, 0) is 7.05 Å². The molecule has 0 saturated heterocycles. The van der Waals surface area contributed by atoms with Crippen molar-refractivity contribution in [1.82, 2.24) is 14.7 Å². The van der Waals surface area contributed by atoms with Crippen molar-refractivity contribution in [2.75, 3.05) is 19.4 Å². The van der Waals surface area contributed by atoms with Gasteiger partial charge in [0, 0.05) is 38.0 Å². The molecule has 0 aliphatic heterocycles. The molecular formula is C15H19ClN4O. The fourth-order valence-electron chi connectivity index (χ4n) is 2.18. The van der Waals surface area contributed by atoms with Crippen LogP contribution in [0.4, 0.5) is 5.69 Å². The Kier molecular flexibility index (Phi) is 4.53. The first-order chi connectivity index (χ1) is 9.90. The predicted molar refractivity (Wildman–Crippen MR) is 84.7 cm³/mol. The summed E-state index contributed by atoms with van der Waals surface area (Å²) in [6, 6.07) is 7.17. The molecule has 1 unspecified atom stereocenters. The number of aryl methyl sites for hydroxylation is 1. The molecule has 0 aliphatic rings. The van der Waals surface area contributed by atoms with E-state index in [0.29, 0.717) is 10.6 Å². The Hall–Kier alpha value is -2.01. The highest BCUT2D eigenvalue weighted by Gasteiger charge is 2.17. The zero-order chi connectivity index (χ0) is 15.6. The third kappa shape index (κ3) is 3.36. The average molecular weight is 307 g/mol. The Bertz CT molecular complexity index is 651. The number of carbonyl (C=O) groups is 1. The minimum atomic E-state index is -0.0635. The molecule has 2 aromatic rings. The molecule has 2 rings (SSSR count). The lowest BCUT2D eigenvalue weighted by Crippen LogP contribution is -2.23. The maximum atomic E-state index is 12.2. The standard InChI is InChI=1S/C15H19ClN4O/c1-10(14-7-8-17-20(14)4)18-13-9-11(16)5-6-12(13)15(21)19(2)3/h5-10,18H,1-4H3. The molecule has 0 saturated carbocycles. The third-order valence-corrected chi connectivity index (χ3v) is 3.53. The summed E-state index contributed by atoms with van der Waals surface area (Å²) >= 11 is 6.06. The number of anilines is 1. The number of halogens is 1. The molecule has 0 radical (unpaired) electrons. The van der Waals surface area contributed by atoms with Gasteiger partial charge in [-0.25, -0.2) is 0 Å². The van der Waals surface area contributed by atoms with Gasteiger partial charge in [-0.15, -0.1) is 0 Å². The number of nitrogens with zero attached hydrogens (tertiary/aromatic N) is 3. The summed E-state index contributed by atoms with van der Waals surface area (Å²) < 4.78 is 1.80. The Morgan fingerprint density at radius 2 is 2.10 bits per heavy atom. The van der Waals surface area contributed by atoms with E-state index in [4.69, 9.17) is 11.6 Å². The Balaban J connectivity index is 2.33. The summed E-state index contributed by atoms with van der Waals surface area (Å²) in [5, 5.41) is 8.08. The lowest BCUT2D eigenvalue weighted by atomic mass is 10.1. The summed E-state index contributed by atoms with van der Waals surface area (Å²) in [4.78, 5) is 13.8. The van der Waals surface area contributed by atoms with Crippen molar-refractivity contribution in [2.45, 2.75) is 13.0 Å². The summed E-state index contributed by atoms with van der Waals surface area (Å²) in [5.41, 5.74) is 2.34. The largest absolute Gasteiger partial charge is 0.376 e. The molecule has 0 spiro atoms. The smallest absolute Gasteiger partial charge is 0.255 e. The van der Waals surface area contributed by atoms with E-state index in [1.165, 1.54) is 0 Å². The van der Waals surface area contributed by atoms with E-state index in [1.54, 1.807) is 48.1 Å². The predicted octanol–water partition coefficient (Wildman–Crippen LogP) is 2.95. The van der Waals surface area contributed by atoms with E-state index in [2.05, 4.69) is 10.4 Å². The van der Waals surface area contributed by atoms with Gasteiger partial charge in [-0.05, 0) is 31.2 Å². The molecule has 1 aromatic carbocycles. The maximum absolute atomic E-state index is 12.2. The summed E-state index contributed by atoms with van der Waals surface area (Å²) in [5.74, 6) is -0.0635. The van der Waals surface area contributed by atoms with Gasteiger partial charge < -0.3 is 10.2 Å². The quantitative estimate of drug-likeness (QED) is 0.945. The van der Waals surface area contributed by atoms with Crippen molar-refractivity contribution in [2.24, 2.45) is 7.05 Å². The van der Waals surface area contributed by atoms with Crippen molar-refractivity contribution in [3.8, 4) is 0 Å². The molecule has 0 fully saturated rings. The summed E-state index contributed by atoms with van der Waals surface area (Å²) in [7, 11) is 5.34. The first-order valence-corrected chi connectivity index (χ1v) is 7.03. The topological polar surface area (TPSA) is 50.2 Å². The van der Waals surface area contributed by atoms with Crippen molar-refractivity contribution in [1.29, 1.82) is 0 Å².